The minimum atomic E-state index is 1.23. The van der Waals surface area contributed by atoms with Gasteiger partial charge in [0, 0.05) is 68.3 Å². The van der Waals surface area contributed by atoms with Crippen molar-refractivity contribution in [3.63, 3.8) is 0 Å². The van der Waals surface area contributed by atoms with Gasteiger partial charge in [-0.3, -0.25) is 0 Å². The van der Waals surface area contributed by atoms with E-state index in [1.165, 1.54) is 200 Å². The average Bonchev–Trinajstić information content (AvgIpc) is 4.09. The molecule has 0 N–H and O–H groups in total. The second kappa shape index (κ2) is 24.5. The van der Waals surface area contributed by atoms with Crippen molar-refractivity contribution in [3.05, 3.63) is 94.7 Å². The fraction of sp³-hybridized carbons (Fsp3) is 0.462. The molecule has 7 rings (SSSR count). The molecule has 0 saturated heterocycles. The van der Waals surface area contributed by atoms with Crippen LogP contribution in [0.3, 0.4) is 0 Å². The summed E-state index contributed by atoms with van der Waals surface area (Å²) in [5, 5.41) is 0. The number of unbranched alkanes of at least 4 members (excludes halogenated alkanes) is 18. The Kier molecular flexibility index (Phi) is 18.7. The molecule has 0 aliphatic carbocycles. The van der Waals surface area contributed by atoms with Crippen molar-refractivity contribution < 1.29 is 0 Å². The van der Waals surface area contributed by atoms with Gasteiger partial charge in [-0.1, -0.05) is 129 Å². The van der Waals surface area contributed by atoms with Gasteiger partial charge in [-0.05, 0) is 111 Å². The molecule has 0 spiro atoms. The molecule has 0 radical (unpaired) electrons. The topological polar surface area (TPSA) is 0 Å². The van der Waals surface area contributed by atoms with Gasteiger partial charge in [0.05, 0.1) is 0 Å². The minimum absolute atomic E-state index is 1.23. The van der Waals surface area contributed by atoms with Crippen LogP contribution in [0.4, 0.5) is 0 Å². The molecule has 7 heterocycles. The summed E-state index contributed by atoms with van der Waals surface area (Å²) in [5.41, 5.74) is 0. The molecule has 0 amide bonds. The van der Waals surface area contributed by atoms with E-state index >= 15 is 0 Å². The second-order valence-corrected chi connectivity index (χ2v) is 24.0. The smallest absolute Gasteiger partial charge is 0.0449 e. The zero-order chi connectivity index (χ0) is 40.5. The molecule has 59 heavy (non-hydrogen) atoms. The van der Waals surface area contributed by atoms with Gasteiger partial charge in [0.1, 0.15) is 0 Å². The molecule has 314 valence electrons. The van der Waals surface area contributed by atoms with Gasteiger partial charge in [0.15, 0.2) is 0 Å². The molecule has 0 atom stereocenters. The summed E-state index contributed by atoms with van der Waals surface area (Å²) in [6, 6.07) is 32.7. The van der Waals surface area contributed by atoms with Gasteiger partial charge in [-0.15, -0.1) is 79.4 Å². The number of aryl methyl sites for hydroxylation is 2. The van der Waals surface area contributed by atoms with E-state index in [0.717, 1.165) is 0 Å². The van der Waals surface area contributed by atoms with Gasteiger partial charge in [0.25, 0.3) is 0 Å². The van der Waals surface area contributed by atoms with Crippen molar-refractivity contribution in [2.24, 2.45) is 0 Å². The van der Waals surface area contributed by atoms with E-state index in [-0.39, 0.29) is 0 Å². The third-order valence-corrected chi connectivity index (χ3v) is 20.3. The van der Waals surface area contributed by atoms with Crippen molar-refractivity contribution in [2.75, 3.05) is 0 Å². The van der Waals surface area contributed by atoms with Gasteiger partial charge in [-0.2, -0.15) is 0 Å². The fourth-order valence-electron chi connectivity index (χ4n) is 7.88. The third kappa shape index (κ3) is 13.7. The Bertz CT molecular complexity index is 2050. The summed E-state index contributed by atoms with van der Waals surface area (Å²) >= 11 is 13.7. The second-order valence-electron chi connectivity index (χ2n) is 16.2. The standard InChI is InChI=1S/C52H64S7/c1-3-5-7-9-11-13-15-17-19-21-23-39-25-27-41(53-39)43-29-31-45(55-43)47-33-35-49(57-47)51-37-38-52(59-51)50-36-34-48(58-50)46-32-30-44(56-46)42-28-26-40(54-42)24-22-20-18-16-14-12-10-8-6-4-2/h25-38H,3-24H2,1-2H3. The molecule has 0 aromatic carbocycles. The molecule has 0 bridgehead atoms. The van der Waals surface area contributed by atoms with E-state index < -0.39 is 0 Å². The maximum atomic E-state index is 2.37. The van der Waals surface area contributed by atoms with E-state index in [2.05, 4.69) is 98.8 Å². The molecule has 0 aliphatic heterocycles. The van der Waals surface area contributed by atoms with Crippen LogP contribution in [0.5, 0.6) is 0 Å². The minimum Gasteiger partial charge on any atom is -0.139 e. The Morgan fingerprint density at radius 1 is 0.220 bits per heavy atom. The normalized spacial score (nSPS) is 11.7. The van der Waals surface area contributed by atoms with Crippen molar-refractivity contribution in [1.82, 2.24) is 0 Å². The molecule has 7 heteroatoms. The van der Waals surface area contributed by atoms with Crippen LogP contribution in [0.2, 0.25) is 0 Å². The number of rotatable bonds is 28. The quantitative estimate of drug-likeness (QED) is 0.0430. The van der Waals surface area contributed by atoms with Crippen molar-refractivity contribution in [3.8, 4) is 58.5 Å². The van der Waals surface area contributed by atoms with Crippen molar-refractivity contribution in [2.45, 2.75) is 155 Å². The monoisotopic (exact) mass is 912 g/mol. The highest BCUT2D eigenvalue weighted by molar-refractivity contribution is 7.31. The summed E-state index contributed by atoms with van der Waals surface area (Å²) in [5.74, 6) is 0. The van der Waals surface area contributed by atoms with E-state index in [1.54, 1.807) is 9.75 Å². The zero-order valence-electron chi connectivity index (χ0n) is 35.5. The summed E-state index contributed by atoms with van der Waals surface area (Å²) < 4.78 is 0. The number of hydrogen-bond acceptors (Lipinski definition) is 7. The molecule has 0 nitrogen and oxygen atoms in total. The molecule has 0 saturated carbocycles. The van der Waals surface area contributed by atoms with E-state index in [0.29, 0.717) is 0 Å². The van der Waals surface area contributed by atoms with Crippen LogP contribution >= 0.6 is 79.4 Å². The fourth-order valence-corrected chi connectivity index (χ4v) is 15.5. The lowest BCUT2D eigenvalue weighted by molar-refractivity contribution is 0.557. The first-order chi connectivity index (χ1) is 29.2. The summed E-state index contributed by atoms with van der Waals surface area (Å²) in [6.07, 6.45) is 30.5. The van der Waals surface area contributed by atoms with Gasteiger partial charge >= 0.3 is 0 Å². The molecule has 0 fully saturated rings. The van der Waals surface area contributed by atoms with Crippen LogP contribution < -0.4 is 0 Å². The highest BCUT2D eigenvalue weighted by Crippen LogP contribution is 2.47. The van der Waals surface area contributed by atoms with Crippen molar-refractivity contribution >= 4 is 79.4 Å². The van der Waals surface area contributed by atoms with Crippen LogP contribution in [0.25, 0.3) is 58.5 Å². The molecule has 7 aromatic heterocycles. The number of hydrogen-bond donors (Lipinski definition) is 0. The van der Waals surface area contributed by atoms with E-state index in [4.69, 9.17) is 0 Å². The van der Waals surface area contributed by atoms with Crippen LogP contribution in [0.15, 0.2) is 84.9 Å². The molecule has 7 aromatic rings. The van der Waals surface area contributed by atoms with Crippen LogP contribution in [0.1, 0.15) is 152 Å². The lowest BCUT2D eigenvalue weighted by Crippen LogP contribution is -1.84. The van der Waals surface area contributed by atoms with Crippen molar-refractivity contribution in [1.29, 1.82) is 0 Å². The zero-order valence-corrected chi connectivity index (χ0v) is 41.2. The lowest BCUT2D eigenvalue weighted by atomic mass is 10.1. The predicted octanol–water partition coefficient (Wildman–Crippen LogP) is 21.0. The Labute approximate surface area is 384 Å². The molecular formula is C52H64S7. The van der Waals surface area contributed by atoms with Crippen LogP contribution in [-0.2, 0) is 12.8 Å². The van der Waals surface area contributed by atoms with E-state index in [9.17, 15) is 0 Å². The van der Waals surface area contributed by atoms with Gasteiger partial charge in [-0.25, -0.2) is 0 Å². The van der Waals surface area contributed by atoms with Crippen LogP contribution in [-0.4, -0.2) is 0 Å². The summed E-state index contributed by atoms with van der Waals surface area (Å²) in [6.45, 7) is 4.60. The van der Waals surface area contributed by atoms with E-state index in [1.807, 2.05) is 79.4 Å². The first-order valence-electron chi connectivity index (χ1n) is 22.9. The first-order valence-corrected chi connectivity index (χ1v) is 28.6. The Morgan fingerprint density at radius 3 is 0.644 bits per heavy atom. The first kappa shape index (κ1) is 44.9. The van der Waals surface area contributed by atoms with Gasteiger partial charge in [0.2, 0.25) is 0 Å². The van der Waals surface area contributed by atoms with Gasteiger partial charge < -0.3 is 0 Å². The summed E-state index contributed by atoms with van der Waals surface area (Å²) in [4.78, 5) is 19.7. The largest absolute Gasteiger partial charge is 0.139 e. The molecular weight excluding hydrogens is 849 g/mol. The maximum absolute atomic E-state index is 2.37. The average molecular weight is 914 g/mol. The highest BCUT2D eigenvalue weighted by Gasteiger charge is 2.15. The molecule has 0 aliphatic rings. The van der Waals surface area contributed by atoms with Crippen LogP contribution in [0, 0.1) is 0 Å². The predicted molar refractivity (Wildman–Crippen MR) is 275 cm³/mol. The maximum Gasteiger partial charge on any atom is 0.0449 e. The Morgan fingerprint density at radius 2 is 0.407 bits per heavy atom. The Balaban J connectivity index is 0.855. The summed E-state index contributed by atoms with van der Waals surface area (Å²) in [7, 11) is 0. The Hall–Kier alpha value is -2.10. The third-order valence-electron chi connectivity index (χ3n) is 11.4. The molecule has 0 unspecified atom stereocenters. The SMILES string of the molecule is CCCCCCCCCCCCc1ccc(-c2ccc(-c3ccc(-c4ccc(-c5ccc(-c6ccc(-c7ccc(CCCCCCCCCCCC)s7)s6)s5)s4)s3)s2)s1. The highest BCUT2D eigenvalue weighted by atomic mass is 32.1. The number of thiophene rings is 7. The lowest BCUT2D eigenvalue weighted by Gasteiger charge is -2.02.